The molecule has 2 N–H and O–H groups in total. The number of fused-ring (bicyclic) bond motifs is 2. The average molecular weight is 549 g/mol. The third kappa shape index (κ3) is 5.69. The second kappa shape index (κ2) is 11.6. The van der Waals surface area contributed by atoms with Crippen molar-refractivity contribution in [1.29, 1.82) is 5.26 Å². The molecule has 1 aliphatic rings. The number of rotatable bonds is 8. The van der Waals surface area contributed by atoms with Crippen LogP contribution in [0.4, 0.5) is 10.2 Å². The first-order valence-electron chi connectivity index (χ1n) is 12.9. The number of hydrogen-bond donors (Lipinski definition) is 2. The first kappa shape index (κ1) is 26.9. The lowest BCUT2D eigenvalue weighted by Crippen LogP contribution is -2.51. The molecule has 0 spiro atoms. The second-order valence-electron chi connectivity index (χ2n) is 9.95. The fraction of sp³-hybridized carbons (Fsp3) is 0.345. The van der Waals surface area contributed by atoms with E-state index in [4.69, 9.17) is 16.3 Å². The minimum Gasteiger partial charge on any atom is -0.508 e. The molecule has 10 heteroatoms. The molecular formula is C29H30ClFN6O2. The predicted molar refractivity (Wildman–Crippen MR) is 152 cm³/mol. The van der Waals surface area contributed by atoms with Crippen LogP contribution in [0.25, 0.3) is 32.8 Å². The lowest BCUT2D eigenvalue weighted by Gasteiger charge is -2.34. The molecule has 0 bridgehead atoms. The summed E-state index contributed by atoms with van der Waals surface area (Å²) in [6, 6.07) is 14.5. The van der Waals surface area contributed by atoms with E-state index in [1.54, 1.807) is 12.1 Å². The van der Waals surface area contributed by atoms with Crippen LogP contribution in [-0.2, 0) is 0 Å². The van der Waals surface area contributed by atoms with E-state index in [9.17, 15) is 10.4 Å². The molecule has 0 aliphatic carbocycles. The Morgan fingerprint density at radius 2 is 2.05 bits per heavy atom. The van der Waals surface area contributed by atoms with E-state index < -0.39 is 5.82 Å². The zero-order valence-corrected chi connectivity index (χ0v) is 22.7. The van der Waals surface area contributed by atoms with Crippen LogP contribution in [0.15, 0.2) is 42.5 Å². The largest absolute Gasteiger partial charge is 0.508 e. The molecule has 0 saturated carbocycles. The summed E-state index contributed by atoms with van der Waals surface area (Å²) >= 11 is 6.77. The summed E-state index contributed by atoms with van der Waals surface area (Å²) in [7, 11) is 3.97. The van der Waals surface area contributed by atoms with Gasteiger partial charge >= 0.3 is 6.01 Å². The summed E-state index contributed by atoms with van der Waals surface area (Å²) in [6.45, 7) is 3.00. The highest BCUT2D eigenvalue weighted by Crippen LogP contribution is 2.42. The SMILES string of the molecule is CN(C)CCCOc1nc(N2CCNC(CC#N)C2)c2cc(Cl)c(-c3cc(O)cc4ccccc34)c(F)c2n1. The third-order valence-corrected chi connectivity index (χ3v) is 7.13. The summed E-state index contributed by atoms with van der Waals surface area (Å²) in [5.41, 5.74) is 0.715. The Hall–Kier alpha value is -3.71. The van der Waals surface area contributed by atoms with Crippen LogP contribution in [0.5, 0.6) is 11.8 Å². The average Bonchev–Trinajstić information content (AvgIpc) is 2.91. The molecule has 1 saturated heterocycles. The zero-order valence-electron chi connectivity index (χ0n) is 21.9. The van der Waals surface area contributed by atoms with E-state index in [0.29, 0.717) is 49.4 Å². The Bertz CT molecular complexity index is 1560. The number of nitrogens with zero attached hydrogens (tertiary/aromatic N) is 5. The van der Waals surface area contributed by atoms with Crippen molar-refractivity contribution in [3.8, 4) is 29.0 Å². The van der Waals surface area contributed by atoms with Gasteiger partial charge in [-0.3, -0.25) is 0 Å². The first-order valence-corrected chi connectivity index (χ1v) is 13.3. The number of benzene rings is 3. The standard InChI is InChI=1S/C29H30ClFN6O2/c1-36(2)11-5-13-39-29-34-27-23(28(35-29)37-12-10-33-19(17-37)8-9-32)16-24(30)25(26(27)31)22-15-20(38)14-18-6-3-4-7-21(18)22/h3-4,6-7,14-16,19,33,38H,5,8,10-13,17H2,1-2H3. The topological polar surface area (TPSA) is 97.5 Å². The second-order valence-corrected chi connectivity index (χ2v) is 10.4. The van der Waals surface area contributed by atoms with Crippen LogP contribution in [0.3, 0.4) is 0 Å². The lowest BCUT2D eigenvalue weighted by molar-refractivity contribution is 0.264. The summed E-state index contributed by atoms with van der Waals surface area (Å²) in [5, 5.41) is 25.1. The van der Waals surface area contributed by atoms with Crippen LogP contribution in [0.1, 0.15) is 12.8 Å². The maximum absolute atomic E-state index is 16.5. The van der Waals surface area contributed by atoms with Gasteiger partial charge in [0.2, 0.25) is 0 Å². The van der Waals surface area contributed by atoms with Gasteiger partial charge in [-0.1, -0.05) is 35.9 Å². The number of hydrogen-bond acceptors (Lipinski definition) is 8. The summed E-state index contributed by atoms with van der Waals surface area (Å²) in [4.78, 5) is 13.3. The highest BCUT2D eigenvalue weighted by molar-refractivity contribution is 6.35. The Morgan fingerprint density at radius 3 is 2.85 bits per heavy atom. The van der Waals surface area contributed by atoms with Crippen molar-refractivity contribution in [2.75, 3.05) is 51.8 Å². The zero-order chi connectivity index (χ0) is 27.5. The van der Waals surface area contributed by atoms with E-state index in [1.807, 2.05) is 43.3 Å². The van der Waals surface area contributed by atoms with Gasteiger partial charge in [-0.05, 0) is 55.1 Å². The Labute approximate surface area is 231 Å². The Kier molecular flexibility index (Phi) is 7.98. The van der Waals surface area contributed by atoms with Gasteiger partial charge in [0.05, 0.1) is 24.1 Å². The number of phenols is 1. The van der Waals surface area contributed by atoms with Gasteiger partial charge in [-0.25, -0.2) is 4.39 Å². The maximum atomic E-state index is 16.5. The number of nitrogens with one attached hydrogen (secondary N) is 1. The van der Waals surface area contributed by atoms with Crippen molar-refractivity contribution in [3.63, 3.8) is 0 Å². The summed E-state index contributed by atoms with van der Waals surface area (Å²) < 4.78 is 22.4. The molecule has 1 atom stereocenters. The number of halogens is 2. The molecule has 1 aromatic heterocycles. The first-order chi connectivity index (χ1) is 18.9. The molecule has 8 nitrogen and oxygen atoms in total. The minimum atomic E-state index is -0.612. The molecule has 2 heterocycles. The Balaban J connectivity index is 1.66. The van der Waals surface area contributed by atoms with Crippen LogP contribution >= 0.6 is 11.6 Å². The maximum Gasteiger partial charge on any atom is 0.319 e. The molecule has 0 amide bonds. The van der Waals surface area contributed by atoms with Crippen LogP contribution in [0.2, 0.25) is 5.02 Å². The van der Waals surface area contributed by atoms with Crippen molar-refractivity contribution >= 4 is 39.1 Å². The molecule has 5 rings (SSSR count). The van der Waals surface area contributed by atoms with E-state index in [-0.39, 0.29) is 33.9 Å². The molecule has 39 heavy (non-hydrogen) atoms. The van der Waals surface area contributed by atoms with Crippen LogP contribution < -0.4 is 15.0 Å². The predicted octanol–water partition coefficient (Wildman–Crippen LogP) is 4.97. The number of nitriles is 1. The van der Waals surface area contributed by atoms with Crippen molar-refractivity contribution in [1.82, 2.24) is 20.2 Å². The molecule has 1 unspecified atom stereocenters. The quantitative estimate of drug-likeness (QED) is 0.298. The molecule has 0 radical (unpaired) electrons. The van der Waals surface area contributed by atoms with Crippen LogP contribution in [-0.4, -0.2) is 72.9 Å². The molecule has 4 aromatic rings. The smallest absolute Gasteiger partial charge is 0.319 e. The van der Waals surface area contributed by atoms with Gasteiger partial charge in [0.1, 0.15) is 17.1 Å². The van der Waals surface area contributed by atoms with Crippen molar-refractivity contribution < 1.29 is 14.2 Å². The fourth-order valence-corrected chi connectivity index (χ4v) is 5.32. The van der Waals surface area contributed by atoms with Crippen molar-refractivity contribution in [2.45, 2.75) is 18.9 Å². The molecule has 3 aromatic carbocycles. The molecule has 202 valence electrons. The normalized spacial score (nSPS) is 15.7. The lowest BCUT2D eigenvalue weighted by atomic mass is 9.96. The number of anilines is 1. The van der Waals surface area contributed by atoms with Crippen molar-refractivity contribution in [3.05, 3.63) is 53.3 Å². The minimum absolute atomic E-state index is 0.0110. The van der Waals surface area contributed by atoms with E-state index >= 15 is 4.39 Å². The van der Waals surface area contributed by atoms with Gasteiger partial charge in [0.25, 0.3) is 0 Å². The highest BCUT2D eigenvalue weighted by Gasteiger charge is 2.26. The monoisotopic (exact) mass is 548 g/mol. The van der Waals surface area contributed by atoms with Gasteiger partial charge in [0.15, 0.2) is 5.82 Å². The van der Waals surface area contributed by atoms with Gasteiger partial charge in [0, 0.05) is 43.2 Å². The van der Waals surface area contributed by atoms with Crippen LogP contribution in [0, 0.1) is 17.1 Å². The molecule has 1 aliphatic heterocycles. The molecule has 1 fully saturated rings. The Morgan fingerprint density at radius 1 is 1.23 bits per heavy atom. The number of piperazine rings is 1. The van der Waals surface area contributed by atoms with E-state index in [2.05, 4.69) is 26.3 Å². The fourth-order valence-electron chi connectivity index (χ4n) is 5.02. The van der Waals surface area contributed by atoms with E-state index in [1.165, 1.54) is 6.07 Å². The number of ether oxygens (including phenoxy) is 1. The third-order valence-electron chi connectivity index (χ3n) is 6.83. The summed E-state index contributed by atoms with van der Waals surface area (Å²) in [6.07, 6.45) is 1.10. The van der Waals surface area contributed by atoms with Gasteiger partial charge in [-0.15, -0.1) is 0 Å². The number of aromatic hydroxyl groups is 1. The molecular weight excluding hydrogens is 519 g/mol. The van der Waals surface area contributed by atoms with E-state index in [0.717, 1.165) is 23.7 Å². The van der Waals surface area contributed by atoms with Crippen molar-refractivity contribution in [2.24, 2.45) is 0 Å². The summed E-state index contributed by atoms with van der Waals surface area (Å²) in [5.74, 6) is -0.0872. The number of aromatic nitrogens is 2. The van der Waals surface area contributed by atoms with Gasteiger partial charge < -0.3 is 25.0 Å². The van der Waals surface area contributed by atoms with Gasteiger partial charge in [-0.2, -0.15) is 15.2 Å². The number of phenolic OH excluding ortho intramolecular Hbond substituents is 1. The highest BCUT2D eigenvalue weighted by atomic mass is 35.5.